The van der Waals surface area contributed by atoms with Crippen molar-refractivity contribution in [1.29, 1.82) is 0 Å². The summed E-state index contributed by atoms with van der Waals surface area (Å²) in [5.41, 5.74) is 1.53. The van der Waals surface area contributed by atoms with Crippen LogP contribution < -0.4 is 19.5 Å². The Labute approximate surface area is 203 Å². The molecular formula is C25H29FN4O5. The molecule has 0 spiro atoms. The molecule has 1 aliphatic rings. The molecule has 1 aliphatic heterocycles. The standard InChI is InChI=1S/C25H29FN4O5/c1-32-20-11-16(12-21(33-2)23(20)34-3)13-27-25(31)18-5-4-10-30(14-18)15-22-28-24(29-35-22)17-6-8-19(26)9-7-17/h6-9,11-12,18H,4-5,10,13-15H2,1-3H3,(H,27,31). The third kappa shape index (κ3) is 5.89. The molecule has 1 unspecified atom stereocenters. The second-order valence-electron chi connectivity index (χ2n) is 8.34. The van der Waals surface area contributed by atoms with Crippen molar-refractivity contribution in [2.24, 2.45) is 5.92 Å². The molecule has 0 radical (unpaired) electrons. The minimum absolute atomic E-state index is 0.0130. The van der Waals surface area contributed by atoms with Crippen LogP contribution in [0.5, 0.6) is 17.2 Å². The number of nitrogens with zero attached hydrogens (tertiary/aromatic N) is 3. The topological polar surface area (TPSA) is 99.0 Å². The van der Waals surface area contributed by atoms with Crippen molar-refractivity contribution >= 4 is 5.91 Å². The average molecular weight is 485 g/mol. The second kappa shape index (κ2) is 11.2. The quantitative estimate of drug-likeness (QED) is 0.493. The van der Waals surface area contributed by atoms with E-state index in [1.54, 1.807) is 33.5 Å². The molecule has 0 saturated carbocycles. The Bertz CT molecular complexity index is 1130. The Balaban J connectivity index is 1.34. The first-order valence-corrected chi connectivity index (χ1v) is 11.4. The number of benzene rings is 2. The molecular weight excluding hydrogens is 455 g/mol. The summed E-state index contributed by atoms with van der Waals surface area (Å²) in [5.74, 6) is 1.99. The van der Waals surface area contributed by atoms with Gasteiger partial charge in [0, 0.05) is 18.7 Å². The van der Waals surface area contributed by atoms with E-state index in [0.29, 0.717) is 54.2 Å². The number of amides is 1. The number of hydrogen-bond acceptors (Lipinski definition) is 8. The Morgan fingerprint density at radius 2 is 1.86 bits per heavy atom. The Morgan fingerprint density at radius 1 is 1.14 bits per heavy atom. The molecule has 3 aromatic rings. The maximum atomic E-state index is 13.1. The number of carbonyl (C=O) groups excluding carboxylic acids is 1. The van der Waals surface area contributed by atoms with Gasteiger partial charge in [-0.25, -0.2) is 4.39 Å². The molecule has 2 heterocycles. The summed E-state index contributed by atoms with van der Waals surface area (Å²) in [6, 6.07) is 9.58. The number of halogens is 1. The lowest BCUT2D eigenvalue weighted by atomic mass is 9.97. The smallest absolute Gasteiger partial charge is 0.241 e. The molecule has 2 aromatic carbocycles. The number of aromatic nitrogens is 2. The monoisotopic (exact) mass is 484 g/mol. The number of methoxy groups -OCH3 is 3. The van der Waals surface area contributed by atoms with E-state index >= 15 is 0 Å². The average Bonchev–Trinajstić information content (AvgIpc) is 3.35. The van der Waals surface area contributed by atoms with Crippen molar-refractivity contribution in [3.05, 3.63) is 53.7 Å². The number of piperidine rings is 1. The summed E-state index contributed by atoms with van der Waals surface area (Å²) in [6.07, 6.45) is 1.70. The minimum atomic E-state index is -0.319. The van der Waals surface area contributed by atoms with Crippen LogP contribution in [-0.2, 0) is 17.9 Å². The van der Waals surface area contributed by atoms with Crippen molar-refractivity contribution in [3.8, 4) is 28.6 Å². The van der Waals surface area contributed by atoms with Gasteiger partial charge in [0.25, 0.3) is 0 Å². The van der Waals surface area contributed by atoms with E-state index in [0.717, 1.165) is 24.9 Å². The number of hydrogen-bond donors (Lipinski definition) is 1. The molecule has 1 amide bonds. The first-order chi connectivity index (χ1) is 17.0. The van der Waals surface area contributed by atoms with Gasteiger partial charge in [0.05, 0.1) is 33.8 Å². The first kappa shape index (κ1) is 24.5. The van der Waals surface area contributed by atoms with Crippen molar-refractivity contribution < 1.29 is 27.9 Å². The molecule has 0 bridgehead atoms. The van der Waals surface area contributed by atoms with Gasteiger partial charge in [0.1, 0.15) is 5.82 Å². The Morgan fingerprint density at radius 3 is 2.51 bits per heavy atom. The predicted octanol–water partition coefficient (Wildman–Crippen LogP) is 3.43. The fraction of sp³-hybridized carbons (Fsp3) is 0.400. The van der Waals surface area contributed by atoms with E-state index < -0.39 is 0 Å². The van der Waals surface area contributed by atoms with Crippen molar-refractivity contribution in [3.63, 3.8) is 0 Å². The summed E-state index contributed by atoms with van der Waals surface area (Å²) in [6.45, 7) is 2.22. The van der Waals surface area contributed by atoms with E-state index in [1.807, 2.05) is 12.1 Å². The maximum absolute atomic E-state index is 13.1. The Kier molecular flexibility index (Phi) is 7.81. The normalized spacial score (nSPS) is 16.1. The van der Waals surface area contributed by atoms with Crippen molar-refractivity contribution in [2.75, 3.05) is 34.4 Å². The molecule has 4 rings (SSSR count). The van der Waals surface area contributed by atoms with Gasteiger partial charge in [-0.15, -0.1) is 0 Å². The van der Waals surface area contributed by atoms with E-state index in [1.165, 1.54) is 12.1 Å². The fourth-order valence-electron chi connectivity index (χ4n) is 4.21. The molecule has 0 aliphatic carbocycles. The van der Waals surface area contributed by atoms with Gasteiger partial charge in [-0.2, -0.15) is 4.98 Å². The van der Waals surface area contributed by atoms with Crippen LogP contribution in [0.15, 0.2) is 40.9 Å². The van der Waals surface area contributed by atoms with Crippen LogP contribution in [0.4, 0.5) is 4.39 Å². The van der Waals surface area contributed by atoms with Gasteiger partial charge < -0.3 is 24.1 Å². The lowest BCUT2D eigenvalue weighted by molar-refractivity contribution is -0.127. The number of carbonyl (C=O) groups is 1. The summed E-state index contributed by atoms with van der Waals surface area (Å²) >= 11 is 0. The Hall–Kier alpha value is -3.66. The lowest BCUT2D eigenvalue weighted by Crippen LogP contribution is -2.42. The third-order valence-electron chi connectivity index (χ3n) is 6.00. The zero-order valence-electron chi connectivity index (χ0n) is 20.0. The number of rotatable bonds is 9. The summed E-state index contributed by atoms with van der Waals surface area (Å²) in [4.78, 5) is 19.5. The number of nitrogens with one attached hydrogen (secondary N) is 1. The largest absolute Gasteiger partial charge is 0.493 e. The molecule has 186 valence electrons. The van der Waals surface area contributed by atoms with Gasteiger partial charge >= 0.3 is 0 Å². The molecule has 35 heavy (non-hydrogen) atoms. The zero-order chi connectivity index (χ0) is 24.8. The van der Waals surface area contributed by atoms with Crippen LogP contribution in [0.2, 0.25) is 0 Å². The fourth-order valence-corrected chi connectivity index (χ4v) is 4.21. The van der Waals surface area contributed by atoms with E-state index in [9.17, 15) is 9.18 Å². The number of likely N-dealkylation sites (tertiary alicyclic amines) is 1. The lowest BCUT2D eigenvalue weighted by Gasteiger charge is -2.30. The molecule has 1 fully saturated rings. The van der Waals surface area contributed by atoms with Crippen LogP contribution in [0, 0.1) is 11.7 Å². The van der Waals surface area contributed by atoms with Gasteiger partial charge in [0.2, 0.25) is 23.4 Å². The summed E-state index contributed by atoms with van der Waals surface area (Å²) in [7, 11) is 4.67. The predicted molar refractivity (Wildman–Crippen MR) is 126 cm³/mol. The van der Waals surface area contributed by atoms with Gasteiger partial charge in [0.15, 0.2) is 11.5 Å². The van der Waals surface area contributed by atoms with Gasteiger partial charge in [-0.3, -0.25) is 9.69 Å². The minimum Gasteiger partial charge on any atom is -0.493 e. The summed E-state index contributed by atoms with van der Waals surface area (Å²) < 4.78 is 34.7. The summed E-state index contributed by atoms with van der Waals surface area (Å²) in [5, 5.41) is 7.02. The van der Waals surface area contributed by atoms with Crippen LogP contribution in [0.25, 0.3) is 11.4 Å². The molecule has 1 aromatic heterocycles. The zero-order valence-corrected chi connectivity index (χ0v) is 20.0. The first-order valence-electron chi connectivity index (χ1n) is 11.4. The maximum Gasteiger partial charge on any atom is 0.241 e. The molecule has 1 N–H and O–H groups in total. The van der Waals surface area contributed by atoms with E-state index in [-0.39, 0.29) is 17.6 Å². The van der Waals surface area contributed by atoms with E-state index in [4.69, 9.17) is 18.7 Å². The van der Waals surface area contributed by atoms with Crippen molar-refractivity contribution in [1.82, 2.24) is 20.4 Å². The highest BCUT2D eigenvalue weighted by atomic mass is 19.1. The van der Waals surface area contributed by atoms with E-state index in [2.05, 4.69) is 20.4 Å². The highest BCUT2D eigenvalue weighted by Gasteiger charge is 2.27. The van der Waals surface area contributed by atoms with Crippen molar-refractivity contribution in [2.45, 2.75) is 25.9 Å². The second-order valence-corrected chi connectivity index (χ2v) is 8.34. The number of ether oxygens (including phenoxy) is 3. The molecule has 1 saturated heterocycles. The molecule has 9 nitrogen and oxygen atoms in total. The van der Waals surface area contributed by atoms with Gasteiger partial charge in [-0.05, 0) is 61.3 Å². The highest BCUT2D eigenvalue weighted by molar-refractivity contribution is 5.79. The highest BCUT2D eigenvalue weighted by Crippen LogP contribution is 2.38. The van der Waals surface area contributed by atoms with Gasteiger partial charge in [-0.1, -0.05) is 5.16 Å². The third-order valence-corrected chi connectivity index (χ3v) is 6.00. The van der Waals surface area contributed by atoms with Crippen LogP contribution in [0.1, 0.15) is 24.3 Å². The van der Waals surface area contributed by atoms with Crippen LogP contribution in [0.3, 0.4) is 0 Å². The SMILES string of the molecule is COc1cc(CNC(=O)C2CCCN(Cc3nc(-c4ccc(F)cc4)no3)C2)cc(OC)c1OC. The molecule has 10 heteroatoms. The van der Waals surface area contributed by atoms with Crippen LogP contribution in [-0.4, -0.2) is 55.4 Å². The van der Waals surface area contributed by atoms with Crippen LogP contribution >= 0.6 is 0 Å². The molecule has 1 atom stereocenters.